The SMILES string of the molecule is CC(C)NC(=O)N1CCc2c([nH]c3ccc(Br)cc23)C1c1cccc(Cl)c1.Clc1ccc2[nH]c3c(c2c1)CCNC3c1cccc(Br)c1.Clc1ccc2[nH]c3c(c2c1)CCNC3c1ccccc1Cl.Clc1cccc(C2NCCc3c2[nH]c2ccc(Cl)cc32)c1. The average Bonchev–Trinajstić information content (AvgIpc) is 1.74. The largest absolute Gasteiger partial charge is 0.357 e. The molecule has 4 aromatic heterocycles. The lowest BCUT2D eigenvalue weighted by Gasteiger charge is -2.36. The molecule has 0 bridgehead atoms. The van der Waals surface area contributed by atoms with E-state index in [0.29, 0.717) is 11.6 Å². The number of H-pyrrole nitrogens is 4. The minimum Gasteiger partial charge on any atom is -0.357 e. The van der Waals surface area contributed by atoms with Gasteiger partial charge in [-0.1, -0.05) is 156 Å². The molecule has 10 nitrogen and oxygen atoms in total. The molecule has 2 amide bonds. The summed E-state index contributed by atoms with van der Waals surface area (Å²) in [4.78, 5) is 29.0. The molecular weight excluding hydrogens is 1380 g/mol. The summed E-state index contributed by atoms with van der Waals surface area (Å²) in [7, 11) is 0. The monoisotopic (exact) mass is 1440 g/mol. The van der Waals surface area contributed by atoms with Gasteiger partial charge in [0.2, 0.25) is 0 Å². The van der Waals surface area contributed by atoms with Crippen LogP contribution in [0.15, 0.2) is 179 Å². The smallest absolute Gasteiger partial charge is 0.318 e. The molecule has 4 atom stereocenters. The Labute approximate surface area is 569 Å². The Kier molecular flexibility index (Phi) is 18.9. The molecular formula is C72H63Br2Cl6N9O. The van der Waals surface area contributed by atoms with E-state index in [0.717, 1.165) is 118 Å². The molecule has 0 radical (unpaired) electrons. The van der Waals surface area contributed by atoms with Crippen LogP contribution in [0.5, 0.6) is 0 Å². The summed E-state index contributed by atoms with van der Waals surface area (Å²) in [5.41, 5.74) is 19.2. The minimum absolute atomic E-state index is 0.0551. The zero-order chi connectivity index (χ0) is 62.3. The van der Waals surface area contributed by atoms with E-state index >= 15 is 0 Å². The van der Waals surface area contributed by atoms with Crippen molar-refractivity contribution in [1.82, 2.24) is 46.1 Å². The maximum atomic E-state index is 12.9. The highest BCUT2D eigenvalue weighted by Gasteiger charge is 2.36. The normalized spacial score (nSPS) is 17.5. The van der Waals surface area contributed by atoms with Gasteiger partial charge < -0.3 is 46.1 Å². The number of aromatic amines is 4. The van der Waals surface area contributed by atoms with Gasteiger partial charge in [0.1, 0.15) is 0 Å². The first-order valence-electron chi connectivity index (χ1n) is 30.1. The fraction of sp³-hybridized carbons (Fsp3) is 0.208. The zero-order valence-electron chi connectivity index (χ0n) is 49.1. The van der Waals surface area contributed by atoms with Crippen LogP contribution >= 0.6 is 101 Å². The van der Waals surface area contributed by atoms with Gasteiger partial charge in [-0.2, -0.15) is 0 Å². The predicted octanol–water partition coefficient (Wildman–Crippen LogP) is 19.9. The van der Waals surface area contributed by atoms with Gasteiger partial charge in [0.25, 0.3) is 0 Å². The second-order valence-corrected chi connectivity index (χ2v) is 27.8. The number of amides is 2. The lowest BCUT2D eigenvalue weighted by Crippen LogP contribution is -2.47. The van der Waals surface area contributed by atoms with E-state index in [1.54, 1.807) is 0 Å². The molecule has 12 aromatic rings. The van der Waals surface area contributed by atoms with Crippen LogP contribution in [0.2, 0.25) is 30.1 Å². The molecule has 0 spiro atoms. The minimum atomic E-state index is -0.197. The van der Waals surface area contributed by atoms with Gasteiger partial charge in [-0.05, 0) is 199 Å². The molecule has 16 rings (SSSR count). The Balaban J connectivity index is 0.000000111. The quantitative estimate of drug-likeness (QED) is 0.0872. The van der Waals surface area contributed by atoms with Gasteiger partial charge >= 0.3 is 6.03 Å². The Hall–Kier alpha value is -6.23. The number of carbonyl (C=O) groups excluding carboxylic acids is 1. The molecule has 4 unspecified atom stereocenters. The van der Waals surface area contributed by atoms with Crippen LogP contribution in [0.3, 0.4) is 0 Å². The van der Waals surface area contributed by atoms with Gasteiger partial charge in [-0.15, -0.1) is 0 Å². The first-order chi connectivity index (χ1) is 43.6. The van der Waals surface area contributed by atoms with E-state index in [2.05, 4.69) is 134 Å². The van der Waals surface area contributed by atoms with Crippen molar-refractivity contribution in [3.8, 4) is 0 Å². The lowest BCUT2D eigenvalue weighted by atomic mass is 9.92. The average molecular weight is 1440 g/mol. The Morgan fingerprint density at radius 2 is 0.867 bits per heavy atom. The molecule has 0 saturated heterocycles. The van der Waals surface area contributed by atoms with Crippen molar-refractivity contribution in [2.24, 2.45) is 0 Å². The highest BCUT2D eigenvalue weighted by Crippen LogP contribution is 2.42. The number of halogens is 8. The third kappa shape index (κ3) is 13.1. The van der Waals surface area contributed by atoms with Crippen LogP contribution in [0.1, 0.15) is 105 Å². The molecule has 18 heteroatoms. The number of carbonyl (C=O) groups is 1. The Morgan fingerprint density at radius 1 is 0.444 bits per heavy atom. The standard InChI is InChI=1S/C21H21BrClN3O.C17H14BrClN2.2C17H14Cl2N2/c1-12(2)24-21(27)26-9-8-16-17-11-14(22)6-7-18(17)25-19(16)20(26)13-4-3-5-15(23)10-13;2*18-11-3-1-2-10(8-11)16-17-13(6-7-20-16)14-9-12(19)4-5-15(14)21-17;18-10-5-6-15-13(9-10)11-7-8-20-16(17(11)21-15)12-3-1-2-4-14(12)19/h3-7,10-12,20,25H,8-9H2,1-2H3,(H,24,27);2*1-5,8-9,16,20-21H,6-7H2;1-6,9,16,20-21H,7-8H2. The van der Waals surface area contributed by atoms with Gasteiger partial charge in [0, 0.05) is 138 Å². The van der Waals surface area contributed by atoms with E-state index in [1.165, 1.54) is 72.0 Å². The number of nitrogens with zero attached hydrogens (tertiary/aromatic N) is 1. The molecule has 8 N–H and O–H groups in total. The van der Waals surface area contributed by atoms with Crippen molar-refractivity contribution in [3.05, 3.63) is 276 Å². The zero-order valence-corrected chi connectivity index (χ0v) is 56.8. The van der Waals surface area contributed by atoms with Gasteiger partial charge in [0.15, 0.2) is 0 Å². The summed E-state index contributed by atoms with van der Waals surface area (Å²) < 4.78 is 2.16. The summed E-state index contributed by atoms with van der Waals surface area (Å²) in [6.45, 7) is 7.46. The number of rotatable bonds is 5. The molecule has 0 aliphatic carbocycles. The first kappa shape index (κ1) is 62.6. The fourth-order valence-electron chi connectivity index (χ4n) is 13.3. The number of hydrogen-bond acceptors (Lipinski definition) is 4. The molecule has 8 heterocycles. The topological polar surface area (TPSA) is 132 Å². The highest BCUT2D eigenvalue weighted by atomic mass is 79.9. The third-order valence-corrected chi connectivity index (χ3v) is 19.8. The van der Waals surface area contributed by atoms with Gasteiger partial charge in [-0.3, -0.25) is 0 Å². The molecule has 8 aromatic carbocycles. The molecule has 4 aliphatic rings. The van der Waals surface area contributed by atoms with E-state index < -0.39 is 0 Å². The number of fused-ring (bicyclic) bond motifs is 12. The summed E-state index contributed by atoms with van der Waals surface area (Å²) in [6.07, 6.45) is 3.85. The molecule has 90 heavy (non-hydrogen) atoms. The number of benzene rings is 8. The van der Waals surface area contributed by atoms with Crippen molar-refractivity contribution in [1.29, 1.82) is 0 Å². The number of urea groups is 1. The summed E-state index contributed by atoms with van der Waals surface area (Å²) >= 11 is 44.4. The van der Waals surface area contributed by atoms with E-state index in [9.17, 15) is 4.79 Å². The van der Waals surface area contributed by atoms with Crippen LogP contribution in [0.4, 0.5) is 4.79 Å². The Morgan fingerprint density at radius 3 is 1.39 bits per heavy atom. The van der Waals surface area contributed by atoms with Crippen molar-refractivity contribution >= 4 is 151 Å². The van der Waals surface area contributed by atoms with E-state index in [1.807, 2.05) is 128 Å². The summed E-state index contributed by atoms with van der Waals surface area (Å²) in [5, 5.41) is 23.2. The second kappa shape index (κ2) is 27.2. The third-order valence-electron chi connectivity index (χ3n) is 17.2. The molecule has 0 saturated carbocycles. The summed E-state index contributed by atoms with van der Waals surface area (Å²) in [5.74, 6) is 0. The summed E-state index contributed by atoms with van der Waals surface area (Å²) in [6, 6.07) is 56.9. The van der Waals surface area contributed by atoms with Crippen LogP contribution in [0, 0.1) is 0 Å². The molecule has 4 aliphatic heterocycles. The van der Waals surface area contributed by atoms with Crippen molar-refractivity contribution < 1.29 is 4.79 Å². The van der Waals surface area contributed by atoms with Crippen LogP contribution in [0.25, 0.3) is 43.6 Å². The van der Waals surface area contributed by atoms with Crippen LogP contribution in [-0.2, 0) is 25.7 Å². The van der Waals surface area contributed by atoms with E-state index in [-0.39, 0.29) is 36.2 Å². The lowest BCUT2D eigenvalue weighted by molar-refractivity contribution is 0.177. The number of aromatic nitrogens is 4. The van der Waals surface area contributed by atoms with Gasteiger partial charge in [-0.25, -0.2) is 4.79 Å². The van der Waals surface area contributed by atoms with Crippen molar-refractivity contribution in [3.63, 3.8) is 0 Å². The first-order valence-corrected chi connectivity index (χ1v) is 34.0. The maximum Gasteiger partial charge on any atom is 0.318 e. The molecule has 458 valence electrons. The second-order valence-electron chi connectivity index (χ2n) is 23.4. The van der Waals surface area contributed by atoms with Gasteiger partial charge in [0.05, 0.1) is 24.2 Å². The number of hydrogen-bond donors (Lipinski definition) is 8. The molecule has 0 fully saturated rings. The predicted molar refractivity (Wildman–Crippen MR) is 381 cm³/mol. The number of nitrogens with one attached hydrogen (secondary N) is 8. The van der Waals surface area contributed by atoms with E-state index in [4.69, 9.17) is 69.6 Å². The highest BCUT2D eigenvalue weighted by molar-refractivity contribution is 9.10. The fourth-order valence-corrected chi connectivity index (χ4v) is 15.3. The van der Waals surface area contributed by atoms with Crippen LogP contribution < -0.4 is 21.3 Å². The van der Waals surface area contributed by atoms with Crippen molar-refractivity contribution in [2.45, 2.75) is 69.7 Å². The Bertz CT molecular complexity index is 4510. The maximum absolute atomic E-state index is 12.9. The van der Waals surface area contributed by atoms with Crippen molar-refractivity contribution in [2.75, 3.05) is 26.2 Å². The van der Waals surface area contributed by atoms with Crippen LogP contribution in [-0.4, -0.2) is 63.1 Å².